The third-order valence-electron chi connectivity index (χ3n) is 1.43. The fraction of sp³-hybridized carbons (Fsp3) is 0.125. The number of rotatable bonds is 1. The Hall–Kier alpha value is -0.300. The Kier molecular flexibility index (Phi) is 3.55. The molecule has 0 saturated carbocycles. The zero-order chi connectivity index (χ0) is 10.0. The first-order valence-electron chi connectivity index (χ1n) is 3.32. The van der Waals surface area contributed by atoms with E-state index in [4.69, 9.17) is 0 Å². The number of benzene rings is 1. The van der Waals surface area contributed by atoms with E-state index in [1.807, 2.05) is 0 Å². The highest BCUT2D eigenvalue weighted by molar-refractivity contribution is 14.1. The van der Waals surface area contributed by atoms with Gasteiger partial charge in [0.25, 0.3) is 0 Å². The zero-order valence-corrected chi connectivity index (χ0v) is 9.65. The molecule has 0 aliphatic carbocycles. The van der Waals surface area contributed by atoms with E-state index < -0.39 is 5.82 Å². The molecule has 0 spiro atoms. The number of aromatic hydroxyl groups is 1. The molecule has 0 amide bonds. The van der Waals surface area contributed by atoms with Gasteiger partial charge in [-0.1, -0.05) is 11.8 Å². The van der Waals surface area contributed by atoms with Gasteiger partial charge >= 0.3 is 0 Å². The molecule has 2 nitrogen and oxygen atoms in total. The predicted octanol–water partition coefficient (Wildman–Crippen LogP) is 2.64. The fourth-order valence-electron chi connectivity index (χ4n) is 0.832. The lowest BCUT2D eigenvalue weighted by atomic mass is 10.2. The molecule has 0 unspecified atom stereocenters. The Morgan fingerprint density at radius 3 is 2.77 bits per heavy atom. The van der Waals surface area contributed by atoms with E-state index in [1.54, 1.807) is 28.8 Å². The van der Waals surface area contributed by atoms with Crippen molar-refractivity contribution in [2.75, 3.05) is 6.26 Å². The van der Waals surface area contributed by atoms with Crippen LogP contribution in [0.2, 0.25) is 0 Å². The Labute approximate surface area is 92.7 Å². The second kappa shape index (κ2) is 4.28. The van der Waals surface area contributed by atoms with E-state index in [-0.39, 0.29) is 16.4 Å². The molecule has 1 N–H and O–H groups in total. The van der Waals surface area contributed by atoms with Crippen LogP contribution in [0.5, 0.6) is 5.75 Å². The summed E-state index contributed by atoms with van der Waals surface area (Å²) in [7, 11) is 0. The Balaban J connectivity index is 3.28. The summed E-state index contributed by atoms with van der Waals surface area (Å²) in [5.41, 5.74) is 0.0249. The van der Waals surface area contributed by atoms with Gasteiger partial charge in [0.2, 0.25) is 5.12 Å². The smallest absolute Gasteiger partial charge is 0.222 e. The number of phenolic OH excluding ortho intramolecular Hbond substituents is 1. The highest BCUT2D eigenvalue weighted by Crippen LogP contribution is 2.27. The first-order valence-corrected chi connectivity index (χ1v) is 5.63. The highest BCUT2D eigenvalue weighted by atomic mass is 127. The van der Waals surface area contributed by atoms with Gasteiger partial charge in [-0.15, -0.1) is 0 Å². The molecular weight excluding hydrogens is 306 g/mol. The van der Waals surface area contributed by atoms with Crippen LogP contribution < -0.4 is 0 Å². The maximum atomic E-state index is 12.8. The third kappa shape index (κ3) is 2.34. The monoisotopic (exact) mass is 312 g/mol. The summed E-state index contributed by atoms with van der Waals surface area (Å²) in [6.45, 7) is 0. The van der Waals surface area contributed by atoms with E-state index in [0.29, 0.717) is 3.57 Å². The summed E-state index contributed by atoms with van der Waals surface area (Å²) in [4.78, 5) is 11.2. The molecule has 70 valence electrons. The maximum absolute atomic E-state index is 12.8. The van der Waals surface area contributed by atoms with Crippen molar-refractivity contribution in [3.05, 3.63) is 27.1 Å². The summed E-state index contributed by atoms with van der Waals surface area (Å²) in [6.07, 6.45) is 1.58. The topological polar surface area (TPSA) is 37.3 Å². The molecule has 0 bridgehead atoms. The molecular formula is C8H6FIO2S. The number of halogens is 2. The number of hydrogen-bond donors (Lipinski definition) is 1. The Morgan fingerprint density at radius 2 is 2.23 bits per heavy atom. The fourth-order valence-corrected chi connectivity index (χ4v) is 1.80. The third-order valence-corrected chi connectivity index (χ3v) is 2.85. The van der Waals surface area contributed by atoms with E-state index in [1.165, 1.54) is 6.07 Å². The van der Waals surface area contributed by atoms with Gasteiger partial charge in [0.15, 0.2) is 0 Å². The molecule has 0 aliphatic rings. The summed E-state index contributed by atoms with van der Waals surface area (Å²) < 4.78 is 13.2. The summed E-state index contributed by atoms with van der Waals surface area (Å²) in [6, 6.07) is 2.21. The van der Waals surface area contributed by atoms with Gasteiger partial charge < -0.3 is 5.11 Å². The lowest BCUT2D eigenvalue weighted by Gasteiger charge is -2.03. The van der Waals surface area contributed by atoms with Crippen molar-refractivity contribution < 1.29 is 14.3 Å². The van der Waals surface area contributed by atoms with Gasteiger partial charge in [0, 0.05) is 0 Å². The molecule has 13 heavy (non-hydrogen) atoms. The molecule has 1 aromatic rings. The van der Waals surface area contributed by atoms with Crippen LogP contribution in [0.3, 0.4) is 0 Å². The average Bonchev–Trinajstić information content (AvgIpc) is 2.10. The molecule has 5 heteroatoms. The molecule has 0 saturated heterocycles. The van der Waals surface area contributed by atoms with Gasteiger partial charge in [0.1, 0.15) is 11.6 Å². The minimum atomic E-state index is -0.514. The Bertz CT molecular complexity index is 354. The number of hydrogen-bond acceptors (Lipinski definition) is 3. The number of carbonyl (C=O) groups is 1. The molecule has 0 atom stereocenters. The Morgan fingerprint density at radius 1 is 1.62 bits per heavy atom. The molecule has 0 radical (unpaired) electrons. The summed E-state index contributed by atoms with van der Waals surface area (Å²) >= 11 is 2.71. The molecule has 0 aliphatic heterocycles. The molecule has 0 heterocycles. The lowest BCUT2D eigenvalue weighted by molar-refractivity contribution is 0.108. The average molecular weight is 312 g/mol. The quantitative estimate of drug-likeness (QED) is 0.810. The molecule has 1 aromatic carbocycles. The van der Waals surface area contributed by atoms with Crippen molar-refractivity contribution in [3.63, 3.8) is 0 Å². The second-order valence-corrected chi connectivity index (χ2v) is 4.22. The van der Waals surface area contributed by atoms with Gasteiger partial charge in [0.05, 0.1) is 9.13 Å². The first-order chi connectivity index (χ1) is 6.06. The summed E-state index contributed by atoms with van der Waals surface area (Å²) in [5, 5.41) is 9.08. The van der Waals surface area contributed by atoms with Crippen molar-refractivity contribution in [2.24, 2.45) is 0 Å². The van der Waals surface area contributed by atoms with Crippen LogP contribution in [0.25, 0.3) is 0 Å². The standard InChI is InChI=1S/C8H6FIO2S/c1-13-8(12)5-2-4(9)3-6(10)7(5)11/h2-3,11H,1H3. The molecule has 1 rings (SSSR count). The highest BCUT2D eigenvalue weighted by Gasteiger charge is 2.14. The largest absolute Gasteiger partial charge is 0.506 e. The van der Waals surface area contributed by atoms with Crippen LogP contribution in [0, 0.1) is 9.39 Å². The van der Waals surface area contributed by atoms with Crippen molar-refractivity contribution in [3.8, 4) is 5.75 Å². The van der Waals surface area contributed by atoms with Gasteiger partial charge in [-0.2, -0.15) is 0 Å². The van der Waals surface area contributed by atoms with Crippen LogP contribution in [0.15, 0.2) is 12.1 Å². The van der Waals surface area contributed by atoms with Gasteiger partial charge in [-0.3, -0.25) is 4.79 Å². The van der Waals surface area contributed by atoms with E-state index in [9.17, 15) is 14.3 Å². The number of thioether (sulfide) groups is 1. The molecule has 0 aromatic heterocycles. The number of phenols is 1. The lowest BCUT2D eigenvalue weighted by Crippen LogP contribution is -1.95. The van der Waals surface area contributed by atoms with Crippen molar-refractivity contribution in [1.29, 1.82) is 0 Å². The van der Waals surface area contributed by atoms with Crippen LogP contribution in [0.1, 0.15) is 10.4 Å². The minimum Gasteiger partial charge on any atom is -0.506 e. The second-order valence-electron chi connectivity index (χ2n) is 2.28. The van der Waals surface area contributed by atoms with Crippen LogP contribution in [0.4, 0.5) is 4.39 Å². The zero-order valence-electron chi connectivity index (χ0n) is 6.67. The summed E-state index contributed by atoms with van der Waals surface area (Å²) in [5.74, 6) is -0.666. The van der Waals surface area contributed by atoms with Crippen molar-refractivity contribution in [2.45, 2.75) is 0 Å². The number of carbonyl (C=O) groups excluding carboxylic acids is 1. The first kappa shape index (κ1) is 10.8. The minimum absolute atomic E-state index is 0.0249. The predicted molar refractivity (Wildman–Crippen MR) is 58.6 cm³/mol. The van der Waals surface area contributed by atoms with E-state index >= 15 is 0 Å². The van der Waals surface area contributed by atoms with Crippen LogP contribution in [-0.4, -0.2) is 16.5 Å². The SMILES string of the molecule is CSC(=O)c1cc(F)cc(I)c1O. The van der Waals surface area contributed by atoms with E-state index in [2.05, 4.69) is 0 Å². The maximum Gasteiger partial charge on any atom is 0.222 e. The normalized spacial score (nSPS) is 10.1. The van der Waals surface area contributed by atoms with Crippen LogP contribution in [-0.2, 0) is 0 Å². The molecule has 0 fully saturated rings. The van der Waals surface area contributed by atoms with Crippen molar-refractivity contribution >= 4 is 39.5 Å². The van der Waals surface area contributed by atoms with Crippen LogP contribution >= 0.6 is 34.4 Å². The van der Waals surface area contributed by atoms with Gasteiger partial charge in [-0.25, -0.2) is 4.39 Å². The van der Waals surface area contributed by atoms with Crippen molar-refractivity contribution in [1.82, 2.24) is 0 Å². The van der Waals surface area contributed by atoms with Gasteiger partial charge in [-0.05, 0) is 41.0 Å². The van der Waals surface area contributed by atoms with E-state index in [0.717, 1.165) is 17.8 Å².